The summed E-state index contributed by atoms with van der Waals surface area (Å²) < 4.78 is 1.91. The molecule has 1 aliphatic rings. The maximum absolute atomic E-state index is 12.7. The van der Waals surface area contributed by atoms with E-state index in [0.717, 1.165) is 18.6 Å². The number of anilines is 1. The standard InChI is InChI=1S/C16H20N4O2/c1-2-19-10-11(16(22)20-8-6-18-7-9-20)15(21)14-12(17)4-3-5-13(14)19/h3-5,10,18H,2,6-9,17H2,1H3. The van der Waals surface area contributed by atoms with Gasteiger partial charge in [-0.25, -0.2) is 0 Å². The number of benzene rings is 1. The number of piperazine rings is 1. The van der Waals surface area contributed by atoms with Gasteiger partial charge in [0.05, 0.1) is 10.9 Å². The summed E-state index contributed by atoms with van der Waals surface area (Å²) >= 11 is 0. The number of aryl methyl sites for hydroxylation is 1. The molecule has 22 heavy (non-hydrogen) atoms. The van der Waals surface area contributed by atoms with Crippen molar-refractivity contribution in [2.24, 2.45) is 0 Å². The summed E-state index contributed by atoms with van der Waals surface area (Å²) in [7, 11) is 0. The van der Waals surface area contributed by atoms with E-state index in [1.807, 2.05) is 23.6 Å². The third-order valence-corrected chi connectivity index (χ3v) is 4.12. The van der Waals surface area contributed by atoms with Crippen LogP contribution in [0.4, 0.5) is 5.69 Å². The van der Waals surface area contributed by atoms with Crippen LogP contribution in [0.5, 0.6) is 0 Å². The number of fused-ring (bicyclic) bond motifs is 1. The van der Waals surface area contributed by atoms with Crippen LogP contribution in [0, 0.1) is 0 Å². The molecule has 1 amide bonds. The third kappa shape index (κ3) is 2.35. The van der Waals surface area contributed by atoms with Crippen molar-refractivity contribution in [3.63, 3.8) is 0 Å². The summed E-state index contributed by atoms with van der Waals surface area (Å²) in [6.07, 6.45) is 1.66. The van der Waals surface area contributed by atoms with Gasteiger partial charge >= 0.3 is 0 Å². The maximum atomic E-state index is 12.7. The van der Waals surface area contributed by atoms with Crippen LogP contribution in [0.1, 0.15) is 17.3 Å². The second-order valence-electron chi connectivity index (χ2n) is 5.44. The normalized spacial score (nSPS) is 15.2. The number of hydrogen-bond acceptors (Lipinski definition) is 4. The minimum Gasteiger partial charge on any atom is -0.398 e. The summed E-state index contributed by atoms with van der Waals surface area (Å²) in [6, 6.07) is 5.37. The molecule has 2 aromatic rings. The Balaban J connectivity index is 2.17. The molecule has 116 valence electrons. The highest BCUT2D eigenvalue weighted by molar-refractivity contribution is 6.00. The Kier molecular flexibility index (Phi) is 3.85. The average Bonchev–Trinajstić information content (AvgIpc) is 2.55. The van der Waals surface area contributed by atoms with E-state index >= 15 is 0 Å². The predicted molar refractivity (Wildman–Crippen MR) is 87.1 cm³/mol. The van der Waals surface area contributed by atoms with Crippen LogP contribution in [0.15, 0.2) is 29.2 Å². The van der Waals surface area contributed by atoms with Gasteiger partial charge in [0.2, 0.25) is 5.43 Å². The Bertz CT molecular complexity index is 776. The second kappa shape index (κ2) is 5.81. The number of aromatic nitrogens is 1. The molecule has 6 nitrogen and oxygen atoms in total. The lowest BCUT2D eigenvalue weighted by Gasteiger charge is -2.27. The Morgan fingerprint density at radius 2 is 2.05 bits per heavy atom. The Hall–Kier alpha value is -2.34. The first kappa shape index (κ1) is 14.6. The number of rotatable bonds is 2. The van der Waals surface area contributed by atoms with Crippen LogP contribution in [0.3, 0.4) is 0 Å². The van der Waals surface area contributed by atoms with E-state index in [1.165, 1.54) is 0 Å². The van der Waals surface area contributed by atoms with Crippen molar-refractivity contribution in [1.82, 2.24) is 14.8 Å². The SMILES string of the molecule is CCn1cc(C(=O)N2CCNCC2)c(=O)c2c(N)cccc21. The summed E-state index contributed by atoms with van der Waals surface area (Å²) in [5.74, 6) is -0.209. The van der Waals surface area contributed by atoms with Gasteiger partial charge in [0.15, 0.2) is 0 Å². The fourth-order valence-electron chi connectivity index (χ4n) is 2.92. The molecule has 3 rings (SSSR count). The molecule has 0 atom stereocenters. The topological polar surface area (TPSA) is 80.4 Å². The molecule has 0 spiro atoms. The minimum absolute atomic E-state index is 0.203. The third-order valence-electron chi connectivity index (χ3n) is 4.12. The Morgan fingerprint density at radius 3 is 2.73 bits per heavy atom. The molecule has 0 bridgehead atoms. The number of carbonyl (C=O) groups is 1. The number of nitrogen functional groups attached to an aromatic ring is 1. The lowest BCUT2D eigenvalue weighted by Crippen LogP contribution is -2.47. The van der Waals surface area contributed by atoms with Gasteiger partial charge in [-0.15, -0.1) is 0 Å². The van der Waals surface area contributed by atoms with Gasteiger partial charge in [-0.05, 0) is 19.1 Å². The number of nitrogens with two attached hydrogens (primary N) is 1. The molecular weight excluding hydrogens is 280 g/mol. The monoisotopic (exact) mass is 300 g/mol. The molecule has 1 aromatic carbocycles. The van der Waals surface area contributed by atoms with Crippen LogP contribution in [-0.2, 0) is 6.54 Å². The summed E-state index contributed by atoms with van der Waals surface area (Å²) in [5.41, 5.74) is 7.09. The first-order valence-electron chi connectivity index (χ1n) is 7.55. The van der Waals surface area contributed by atoms with E-state index < -0.39 is 0 Å². The minimum atomic E-state index is -0.277. The van der Waals surface area contributed by atoms with E-state index in [4.69, 9.17) is 5.73 Å². The highest BCUT2D eigenvalue weighted by Crippen LogP contribution is 2.19. The van der Waals surface area contributed by atoms with Crippen LogP contribution in [0.2, 0.25) is 0 Å². The fraction of sp³-hybridized carbons (Fsp3) is 0.375. The van der Waals surface area contributed by atoms with Gasteiger partial charge < -0.3 is 20.5 Å². The lowest BCUT2D eigenvalue weighted by molar-refractivity contribution is 0.0734. The van der Waals surface area contributed by atoms with Gasteiger partial charge in [0.1, 0.15) is 5.56 Å². The summed E-state index contributed by atoms with van der Waals surface area (Å²) in [6.45, 7) is 5.39. The van der Waals surface area contributed by atoms with Crippen LogP contribution < -0.4 is 16.5 Å². The van der Waals surface area contributed by atoms with Crippen LogP contribution in [0.25, 0.3) is 10.9 Å². The Labute approximate surface area is 128 Å². The first-order chi connectivity index (χ1) is 10.6. The molecule has 1 aromatic heterocycles. The number of hydrogen-bond donors (Lipinski definition) is 2. The number of nitrogens with zero attached hydrogens (tertiary/aromatic N) is 2. The molecule has 0 aliphatic carbocycles. The van der Waals surface area contributed by atoms with E-state index in [9.17, 15) is 9.59 Å². The van der Waals surface area contributed by atoms with Crippen molar-refractivity contribution < 1.29 is 4.79 Å². The molecule has 0 saturated carbocycles. The molecule has 1 fully saturated rings. The van der Waals surface area contributed by atoms with E-state index in [1.54, 1.807) is 17.2 Å². The van der Waals surface area contributed by atoms with Crippen molar-refractivity contribution >= 4 is 22.5 Å². The average molecular weight is 300 g/mol. The van der Waals surface area contributed by atoms with Crippen molar-refractivity contribution in [3.05, 3.63) is 40.2 Å². The second-order valence-corrected chi connectivity index (χ2v) is 5.44. The smallest absolute Gasteiger partial charge is 0.259 e. The largest absolute Gasteiger partial charge is 0.398 e. The summed E-state index contributed by atoms with van der Waals surface area (Å²) in [4.78, 5) is 27.2. The maximum Gasteiger partial charge on any atom is 0.259 e. The van der Waals surface area contributed by atoms with Gasteiger partial charge in [-0.2, -0.15) is 0 Å². The lowest BCUT2D eigenvalue weighted by atomic mass is 10.1. The summed E-state index contributed by atoms with van der Waals surface area (Å²) in [5, 5.41) is 3.64. The highest BCUT2D eigenvalue weighted by atomic mass is 16.2. The van der Waals surface area contributed by atoms with Crippen molar-refractivity contribution in [2.45, 2.75) is 13.5 Å². The molecule has 1 saturated heterocycles. The molecule has 2 heterocycles. The number of amides is 1. The van der Waals surface area contributed by atoms with Gasteiger partial charge in [0, 0.05) is 44.6 Å². The molecule has 6 heteroatoms. The van der Waals surface area contributed by atoms with E-state index in [-0.39, 0.29) is 16.9 Å². The molecule has 0 radical (unpaired) electrons. The number of nitrogens with one attached hydrogen (secondary N) is 1. The van der Waals surface area contributed by atoms with E-state index in [2.05, 4.69) is 5.32 Å². The van der Waals surface area contributed by atoms with E-state index in [0.29, 0.717) is 30.7 Å². The van der Waals surface area contributed by atoms with Gasteiger partial charge in [-0.3, -0.25) is 9.59 Å². The van der Waals surface area contributed by atoms with Crippen molar-refractivity contribution in [3.8, 4) is 0 Å². The molecule has 0 unspecified atom stereocenters. The quantitative estimate of drug-likeness (QED) is 0.798. The molecule has 3 N–H and O–H groups in total. The van der Waals surface area contributed by atoms with Gasteiger partial charge in [-0.1, -0.05) is 6.07 Å². The fourth-order valence-corrected chi connectivity index (χ4v) is 2.92. The zero-order valence-electron chi connectivity index (χ0n) is 12.6. The molecule has 1 aliphatic heterocycles. The molecular formula is C16H20N4O2. The predicted octanol–water partition coefficient (Wildman–Crippen LogP) is 0.649. The van der Waals surface area contributed by atoms with Crippen molar-refractivity contribution in [1.29, 1.82) is 0 Å². The zero-order valence-corrected chi connectivity index (χ0v) is 12.6. The number of carbonyl (C=O) groups excluding carboxylic acids is 1. The number of pyridine rings is 1. The Morgan fingerprint density at radius 1 is 1.32 bits per heavy atom. The highest BCUT2D eigenvalue weighted by Gasteiger charge is 2.22. The first-order valence-corrected chi connectivity index (χ1v) is 7.55. The van der Waals surface area contributed by atoms with Gasteiger partial charge in [0.25, 0.3) is 5.91 Å². The van der Waals surface area contributed by atoms with Crippen molar-refractivity contribution in [2.75, 3.05) is 31.9 Å². The van der Waals surface area contributed by atoms with Crippen LogP contribution >= 0.6 is 0 Å². The van der Waals surface area contributed by atoms with Crippen LogP contribution in [-0.4, -0.2) is 41.6 Å². The zero-order chi connectivity index (χ0) is 15.7.